The number of allylic oxidation sites excluding steroid dienone is 1. The first-order valence-electron chi connectivity index (χ1n) is 3.64. The molecule has 0 aliphatic heterocycles. The van der Waals surface area contributed by atoms with Gasteiger partial charge in [0.05, 0.1) is 5.38 Å². The van der Waals surface area contributed by atoms with Crippen LogP contribution in [-0.4, -0.2) is 10.8 Å². The van der Waals surface area contributed by atoms with Crippen LogP contribution in [0, 0.1) is 5.92 Å². The van der Waals surface area contributed by atoms with Crippen molar-refractivity contribution in [1.29, 1.82) is 0 Å². The minimum Gasteiger partial charge on any atom is -0.121 e. The minimum absolute atomic E-state index is 0.151. The maximum Gasteiger partial charge on any atom is 0.0505 e. The van der Waals surface area contributed by atoms with E-state index in [-0.39, 0.29) is 10.8 Å². The summed E-state index contributed by atoms with van der Waals surface area (Å²) >= 11 is 11.9. The van der Waals surface area contributed by atoms with Crippen molar-refractivity contribution in [3.63, 3.8) is 0 Å². The molecule has 10 heavy (non-hydrogen) atoms. The molecule has 1 rings (SSSR count). The zero-order chi connectivity index (χ0) is 7.56. The van der Waals surface area contributed by atoms with Gasteiger partial charge < -0.3 is 0 Å². The zero-order valence-corrected chi connectivity index (χ0v) is 7.41. The van der Waals surface area contributed by atoms with Crippen molar-refractivity contribution in [3.8, 4) is 0 Å². The summed E-state index contributed by atoms with van der Waals surface area (Å²) in [7, 11) is 0. The van der Waals surface area contributed by atoms with Gasteiger partial charge in [0.25, 0.3) is 0 Å². The number of hydrogen-bond donors (Lipinski definition) is 0. The Morgan fingerprint density at radius 2 is 1.90 bits per heavy atom. The van der Waals surface area contributed by atoms with E-state index >= 15 is 0 Å². The first kappa shape index (κ1) is 8.42. The van der Waals surface area contributed by atoms with Crippen LogP contribution >= 0.6 is 23.2 Å². The van der Waals surface area contributed by atoms with Gasteiger partial charge in [0.15, 0.2) is 0 Å². The Kier molecular flexibility index (Phi) is 3.06. The molecule has 0 amide bonds. The van der Waals surface area contributed by atoms with E-state index in [1.54, 1.807) is 0 Å². The first-order chi connectivity index (χ1) is 4.74. The highest BCUT2D eigenvalue weighted by Crippen LogP contribution is 2.31. The highest BCUT2D eigenvalue weighted by atomic mass is 35.5. The van der Waals surface area contributed by atoms with Crippen LogP contribution in [0.15, 0.2) is 12.7 Å². The average molecular weight is 179 g/mol. The predicted molar refractivity (Wildman–Crippen MR) is 46.8 cm³/mol. The van der Waals surface area contributed by atoms with Crippen LogP contribution in [0.3, 0.4) is 0 Å². The highest BCUT2D eigenvalue weighted by molar-refractivity contribution is 6.30. The lowest BCUT2D eigenvalue weighted by Gasteiger charge is -2.26. The second kappa shape index (κ2) is 3.64. The smallest absolute Gasteiger partial charge is 0.0505 e. The van der Waals surface area contributed by atoms with Crippen molar-refractivity contribution in [1.82, 2.24) is 0 Å². The van der Waals surface area contributed by atoms with Crippen molar-refractivity contribution in [3.05, 3.63) is 12.7 Å². The maximum atomic E-state index is 5.96. The Morgan fingerprint density at radius 1 is 1.20 bits per heavy atom. The van der Waals surface area contributed by atoms with Crippen LogP contribution in [0.1, 0.15) is 19.3 Å². The van der Waals surface area contributed by atoms with Crippen LogP contribution in [0.5, 0.6) is 0 Å². The quantitative estimate of drug-likeness (QED) is 0.428. The summed E-state index contributed by atoms with van der Waals surface area (Å²) in [4.78, 5) is 0. The van der Waals surface area contributed by atoms with E-state index in [1.165, 1.54) is 0 Å². The SMILES string of the molecule is C=CC1CCC(Cl)C(Cl)C1. The molecule has 2 heteroatoms. The molecule has 0 spiro atoms. The van der Waals surface area contributed by atoms with E-state index < -0.39 is 0 Å². The number of halogens is 2. The minimum atomic E-state index is 0.151. The zero-order valence-electron chi connectivity index (χ0n) is 5.89. The molecule has 0 N–H and O–H groups in total. The topological polar surface area (TPSA) is 0 Å². The van der Waals surface area contributed by atoms with Gasteiger partial charge in [0.2, 0.25) is 0 Å². The molecule has 0 nitrogen and oxygen atoms in total. The van der Waals surface area contributed by atoms with Gasteiger partial charge in [0, 0.05) is 5.38 Å². The molecule has 0 bridgehead atoms. The molecule has 1 aliphatic rings. The summed E-state index contributed by atoms with van der Waals surface area (Å²) in [5.41, 5.74) is 0. The summed E-state index contributed by atoms with van der Waals surface area (Å²) in [5, 5.41) is 0.330. The third-order valence-corrected chi connectivity index (χ3v) is 3.20. The van der Waals surface area contributed by atoms with E-state index in [0.717, 1.165) is 19.3 Å². The Bertz CT molecular complexity index is 122. The number of alkyl halides is 2. The fourth-order valence-electron chi connectivity index (χ4n) is 1.32. The summed E-state index contributed by atoms with van der Waals surface area (Å²) in [6, 6.07) is 0. The lowest BCUT2D eigenvalue weighted by molar-refractivity contribution is 0.431. The normalized spacial score (nSPS) is 41.2. The Hall–Kier alpha value is 0.320. The fourth-order valence-corrected chi connectivity index (χ4v) is 1.91. The molecule has 1 fully saturated rings. The van der Waals surface area contributed by atoms with E-state index in [1.807, 2.05) is 6.08 Å². The molecule has 0 radical (unpaired) electrons. The van der Waals surface area contributed by atoms with Crippen molar-refractivity contribution in [2.75, 3.05) is 0 Å². The Morgan fingerprint density at radius 3 is 2.40 bits per heavy atom. The molecular weight excluding hydrogens is 167 g/mol. The summed E-state index contributed by atoms with van der Waals surface area (Å²) in [6.45, 7) is 3.74. The molecule has 0 saturated heterocycles. The van der Waals surface area contributed by atoms with Crippen molar-refractivity contribution >= 4 is 23.2 Å². The lowest BCUT2D eigenvalue weighted by Crippen LogP contribution is -2.24. The second-order valence-corrected chi connectivity index (χ2v) is 3.96. The van der Waals surface area contributed by atoms with Crippen molar-refractivity contribution in [2.24, 2.45) is 5.92 Å². The second-order valence-electron chi connectivity index (χ2n) is 2.84. The fraction of sp³-hybridized carbons (Fsp3) is 0.750. The van der Waals surface area contributed by atoms with Gasteiger partial charge in [-0.2, -0.15) is 0 Å². The molecule has 58 valence electrons. The molecule has 0 aromatic heterocycles. The first-order valence-corrected chi connectivity index (χ1v) is 4.52. The summed E-state index contributed by atoms with van der Waals surface area (Å²) < 4.78 is 0. The summed E-state index contributed by atoms with van der Waals surface area (Å²) in [6.07, 6.45) is 5.17. The Balaban J connectivity index is 2.40. The van der Waals surface area contributed by atoms with E-state index in [0.29, 0.717) is 5.92 Å². The molecular formula is C8H12Cl2. The third-order valence-electron chi connectivity index (χ3n) is 2.07. The number of rotatable bonds is 1. The molecule has 3 atom stereocenters. The van der Waals surface area contributed by atoms with Crippen LogP contribution < -0.4 is 0 Å². The van der Waals surface area contributed by atoms with E-state index in [9.17, 15) is 0 Å². The average Bonchev–Trinajstić information content (AvgIpc) is 1.95. The van der Waals surface area contributed by atoms with Gasteiger partial charge in [-0.15, -0.1) is 29.8 Å². The van der Waals surface area contributed by atoms with E-state index in [4.69, 9.17) is 23.2 Å². The third kappa shape index (κ3) is 1.90. The van der Waals surface area contributed by atoms with Crippen molar-refractivity contribution < 1.29 is 0 Å². The molecule has 1 aliphatic carbocycles. The molecule has 0 heterocycles. The van der Waals surface area contributed by atoms with Gasteiger partial charge in [-0.1, -0.05) is 6.08 Å². The van der Waals surface area contributed by atoms with Gasteiger partial charge in [0.1, 0.15) is 0 Å². The Labute approximate surface area is 72.2 Å². The molecule has 0 aromatic rings. The van der Waals surface area contributed by atoms with Gasteiger partial charge in [-0.05, 0) is 25.2 Å². The molecule has 3 unspecified atom stereocenters. The molecule has 0 aromatic carbocycles. The highest BCUT2D eigenvalue weighted by Gasteiger charge is 2.25. The monoisotopic (exact) mass is 178 g/mol. The van der Waals surface area contributed by atoms with Crippen LogP contribution in [-0.2, 0) is 0 Å². The van der Waals surface area contributed by atoms with E-state index in [2.05, 4.69) is 6.58 Å². The van der Waals surface area contributed by atoms with Crippen LogP contribution in [0.4, 0.5) is 0 Å². The van der Waals surface area contributed by atoms with Crippen LogP contribution in [0.25, 0.3) is 0 Å². The maximum absolute atomic E-state index is 5.96. The predicted octanol–water partition coefficient (Wildman–Crippen LogP) is 3.19. The largest absolute Gasteiger partial charge is 0.121 e. The standard InChI is InChI=1S/C8H12Cl2/c1-2-6-3-4-7(9)8(10)5-6/h2,6-8H,1,3-5H2. The van der Waals surface area contributed by atoms with Crippen molar-refractivity contribution in [2.45, 2.75) is 30.0 Å². The van der Waals surface area contributed by atoms with Crippen LogP contribution in [0.2, 0.25) is 0 Å². The molecule has 1 saturated carbocycles. The van der Waals surface area contributed by atoms with Gasteiger partial charge >= 0.3 is 0 Å². The number of hydrogen-bond acceptors (Lipinski definition) is 0. The van der Waals surface area contributed by atoms with Gasteiger partial charge in [-0.3, -0.25) is 0 Å². The summed E-state index contributed by atoms with van der Waals surface area (Å²) in [5.74, 6) is 0.595. The van der Waals surface area contributed by atoms with Gasteiger partial charge in [-0.25, -0.2) is 0 Å². The lowest BCUT2D eigenvalue weighted by atomic mass is 9.89.